The Morgan fingerprint density at radius 3 is 2.59 bits per heavy atom. The molecule has 0 radical (unpaired) electrons. The molecular formula is C22H21FN2O4. The zero-order chi connectivity index (χ0) is 20.8. The van der Waals surface area contributed by atoms with Gasteiger partial charge >= 0.3 is 5.97 Å². The number of nitrogens with zero attached hydrogens (tertiary/aromatic N) is 2. The fraction of sp³-hybridized carbons (Fsp3) is 0.182. The first-order chi connectivity index (χ1) is 14.0. The number of phenols is 1. The molecule has 6 nitrogen and oxygen atoms in total. The fourth-order valence-electron chi connectivity index (χ4n) is 2.98. The lowest BCUT2D eigenvalue weighted by Crippen LogP contribution is -2.11. The van der Waals surface area contributed by atoms with Gasteiger partial charge in [0.2, 0.25) is 0 Å². The maximum atomic E-state index is 13.1. The van der Waals surface area contributed by atoms with E-state index in [1.165, 1.54) is 18.3 Å². The van der Waals surface area contributed by atoms with E-state index in [2.05, 4.69) is 5.16 Å². The fourth-order valence-corrected chi connectivity index (χ4v) is 2.98. The van der Waals surface area contributed by atoms with Gasteiger partial charge in [0.25, 0.3) is 0 Å². The number of aromatic nitrogens is 1. The van der Waals surface area contributed by atoms with Gasteiger partial charge in [-0.2, -0.15) is 0 Å². The second kappa shape index (κ2) is 9.05. The lowest BCUT2D eigenvalue weighted by molar-refractivity contribution is 0.0696. The molecule has 0 unspecified atom stereocenters. The molecular weight excluding hydrogens is 375 g/mol. The van der Waals surface area contributed by atoms with Crippen LogP contribution in [0.1, 0.15) is 34.0 Å². The number of aromatic carboxylic acids is 1. The van der Waals surface area contributed by atoms with Gasteiger partial charge in [-0.15, -0.1) is 0 Å². The number of aromatic hydroxyl groups is 1. The third-order valence-electron chi connectivity index (χ3n) is 4.32. The first-order valence-electron chi connectivity index (χ1n) is 9.11. The number of carboxylic acids is 1. The number of rotatable bonds is 8. The summed E-state index contributed by atoms with van der Waals surface area (Å²) < 4.78 is 14.8. The van der Waals surface area contributed by atoms with Gasteiger partial charge in [0.15, 0.2) is 0 Å². The largest absolute Gasteiger partial charge is 0.508 e. The summed E-state index contributed by atoms with van der Waals surface area (Å²) in [5, 5.41) is 23.4. The third-order valence-corrected chi connectivity index (χ3v) is 4.32. The van der Waals surface area contributed by atoms with Gasteiger partial charge < -0.3 is 19.6 Å². The Morgan fingerprint density at radius 1 is 1.17 bits per heavy atom. The first-order valence-corrected chi connectivity index (χ1v) is 9.11. The number of halogens is 1. The molecule has 3 rings (SSSR count). The summed E-state index contributed by atoms with van der Waals surface area (Å²) in [6, 6.07) is 12.6. The highest BCUT2D eigenvalue weighted by Gasteiger charge is 2.16. The molecule has 2 N–H and O–H groups in total. The molecule has 150 valence electrons. The van der Waals surface area contributed by atoms with Crippen LogP contribution in [0.4, 0.5) is 4.39 Å². The Bertz CT molecular complexity index is 1030. The second-order valence-electron chi connectivity index (χ2n) is 6.48. The van der Waals surface area contributed by atoms with Crippen molar-refractivity contribution in [3.63, 3.8) is 0 Å². The smallest absolute Gasteiger partial charge is 0.337 e. The van der Waals surface area contributed by atoms with Gasteiger partial charge in [0.1, 0.15) is 23.9 Å². The Labute approximate surface area is 167 Å². The summed E-state index contributed by atoms with van der Waals surface area (Å²) in [4.78, 5) is 16.9. The second-order valence-corrected chi connectivity index (χ2v) is 6.48. The molecule has 0 amide bonds. The Kier molecular flexibility index (Phi) is 6.29. The van der Waals surface area contributed by atoms with Crippen molar-refractivity contribution in [2.45, 2.75) is 19.9 Å². The molecule has 2 aromatic carbocycles. The van der Waals surface area contributed by atoms with Crippen molar-refractivity contribution < 1.29 is 24.2 Å². The maximum Gasteiger partial charge on any atom is 0.337 e. The van der Waals surface area contributed by atoms with Gasteiger partial charge in [0.05, 0.1) is 12.1 Å². The number of carbonyl (C=O) groups is 1. The number of carboxylic acid groups (broad SMARTS) is 1. The number of phenolic OH excluding ortho intramolecular Hbond substituents is 1. The maximum absolute atomic E-state index is 13.1. The molecule has 0 aliphatic heterocycles. The zero-order valence-electron chi connectivity index (χ0n) is 15.9. The zero-order valence-corrected chi connectivity index (χ0v) is 15.9. The molecule has 0 saturated heterocycles. The topological polar surface area (TPSA) is 84.1 Å². The molecule has 1 aromatic heterocycles. The quantitative estimate of drug-likeness (QED) is 0.444. The SMILES string of the molecule is CCO/N=C(\Cn1cc(Cc2ccc(F)cc2)c(C(=O)O)c1)c1cccc(O)c1. The van der Waals surface area contributed by atoms with E-state index >= 15 is 0 Å². The summed E-state index contributed by atoms with van der Waals surface area (Å²) in [7, 11) is 0. The van der Waals surface area contributed by atoms with Crippen molar-refractivity contribution in [1.29, 1.82) is 0 Å². The Hall–Kier alpha value is -3.61. The number of benzene rings is 2. The van der Waals surface area contributed by atoms with Crippen molar-refractivity contribution in [3.8, 4) is 5.75 Å². The molecule has 3 aromatic rings. The standard InChI is InChI=1S/C22H21FN2O4/c1-2-29-24-21(16-4-3-5-19(26)11-16)14-25-12-17(20(13-25)22(27)28)10-15-6-8-18(23)9-7-15/h3-9,11-13,26H,2,10,14H2,1H3,(H,27,28)/b24-21+. The molecule has 0 fully saturated rings. The van der Waals surface area contributed by atoms with Gasteiger partial charge in [-0.3, -0.25) is 0 Å². The normalized spacial score (nSPS) is 11.4. The Morgan fingerprint density at radius 2 is 1.93 bits per heavy atom. The average molecular weight is 396 g/mol. The van der Waals surface area contributed by atoms with Crippen molar-refractivity contribution >= 4 is 11.7 Å². The number of hydrogen-bond acceptors (Lipinski definition) is 4. The molecule has 0 atom stereocenters. The van der Waals surface area contributed by atoms with E-state index in [0.29, 0.717) is 29.9 Å². The number of oxime groups is 1. The van der Waals surface area contributed by atoms with Crippen LogP contribution in [-0.2, 0) is 17.8 Å². The van der Waals surface area contributed by atoms with E-state index in [0.717, 1.165) is 5.56 Å². The summed E-state index contributed by atoms with van der Waals surface area (Å²) in [6.45, 7) is 2.44. The molecule has 0 spiro atoms. The molecule has 0 bridgehead atoms. The lowest BCUT2D eigenvalue weighted by Gasteiger charge is -2.08. The minimum absolute atomic E-state index is 0.0995. The van der Waals surface area contributed by atoms with Crippen LogP contribution < -0.4 is 0 Å². The highest BCUT2D eigenvalue weighted by Crippen LogP contribution is 2.19. The van der Waals surface area contributed by atoms with Gasteiger partial charge in [-0.1, -0.05) is 29.4 Å². The molecule has 0 saturated carbocycles. The molecule has 0 aliphatic carbocycles. The van der Waals surface area contributed by atoms with E-state index in [4.69, 9.17) is 4.84 Å². The van der Waals surface area contributed by atoms with Crippen molar-refractivity contribution in [3.05, 3.63) is 89.0 Å². The van der Waals surface area contributed by atoms with Crippen LogP contribution in [0.15, 0.2) is 66.1 Å². The monoisotopic (exact) mass is 396 g/mol. The van der Waals surface area contributed by atoms with Gasteiger partial charge in [0, 0.05) is 18.0 Å². The average Bonchev–Trinajstić information content (AvgIpc) is 3.09. The third kappa shape index (κ3) is 5.22. The van der Waals surface area contributed by atoms with E-state index in [1.807, 2.05) is 6.92 Å². The highest BCUT2D eigenvalue weighted by atomic mass is 19.1. The Balaban J connectivity index is 1.90. The number of hydrogen-bond donors (Lipinski definition) is 2. The minimum atomic E-state index is -1.04. The molecule has 0 aliphatic rings. The van der Waals surface area contributed by atoms with Crippen molar-refractivity contribution in [1.82, 2.24) is 4.57 Å². The van der Waals surface area contributed by atoms with Crippen LogP contribution >= 0.6 is 0 Å². The van der Waals surface area contributed by atoms with Crippen LogP contribution in [0.3, 0.4) is 0 Å². The van der Waals surface area contributed by atoms with Gasteiger partial charge in [-0.05, 0) is 48.7 Å². The van der Waals surface area contributed by atoms with E-state index in [1.54, 1.807) is 47.2 Å². The molecule has 29 heavy (non-hydrogen) atoms. The first kappa shape index (κ1) is 20.1. The van der Waals surface area contributed by atoms with Crippen molar-refractivity contribution in [2.24, 2.45) is 5.16 Å². The molecule has 1 heterocycles. The van der Waals surface area contributed by atoms with Crippen LogP contribution in [0.25, 0.3) is 0 Å². The van der Waals surface area contributed by atoms with Crippen LogP contribution in [0, 0.1) is 5.82 Å². The van der Waals surface area contributed by atoms with Crippen LogP contribution in [-0.4, -0.2) is 33.1 Å². The summed E-state index contributed by atoms with van der Waals surface area (Å²) in [6.07, 6.45) is 3.63. The van der Waals surface area contributed by atoms with E-state index < -0.39 is 5.97 Å². The minimum Gasteiger partial charge on any atom is -0.508 e. The lowest BCUT2D eigenvalue weighted by atomic mass is 10.0. The predicted molar refractivity (Wildman–Crippen MR) is 107 cm³/mol. The highest BCUT2D eigenvalue weighted by molar-refractivity contribution is 6.00. The van der Waals surface area contributed by atoms with Gasteiger partial charge in [-0.25, -0.2) is 9.18 Å². The summed E-state index contributed by atoms with van der Waals surface area (Å²) in [5.41, 5.74) is 2.80. The van der Waals surface area contributed by atoms with Crippen LogP contribution in [0.5, 0.6) is 5.75 Å². The summed E-state index contributed by atoms with van der Waals surface area (Å²) >= 11 is 0. The van der Waals surface area contributed by atoms with E-state index in [-0.39, 0.29) is 23.7 Å². The van der Waals surface area contributed by atoms with Crippen molar-refractivity contribution in [2.75, 3.05) is 6.61 Å². The van der Waals surface area contributed by atoms with E-state index in [9.17, 15) is 19.4 Å². The van der Waals surface area contributed by atoms with Crippen LogP contribution in [0.2, 0.25) is 0 Å². The predicted octanol–water partition coefficient (Wildman–Crippen LogP) is 4.06. The summed E-state index contributed by atoms with van der Waals surface area (Å²) in [5.74, 6) is -1.28. The molecule has 7 heteroatoms.